The molecule has 0 bridgehead atoms. The van der Waals surface area contributed by atoms with Crippen LogP contribution in [0.2, 0.25) is 0 Å². The summed E-state index contributed by atoms with van der Waals surface area (Å²) in [6.45, 7) is 0.424. The number of aromatic nitrogens is 4. The van der Waals surface area contributed by atoms with E-state index in [-0.39, 0.29) is 11.7 Å². The Morgan fingerprint density at radius 2 is 2.04 bits per heavy atom. The highest BCUT2D eigenvalue weighted by molar-refractivity contribution is 5.98. The molecular formula is C16H17FN6O. The summed E-state index contributed by atoms with van der Waals surface area (Å²) in [4.78, 5) is 12.0. The first-order valence-corrected chi connectivity index (χ1v) is 7.41. The third kappa shape index (κ3) is 3.27. The summed E-state index contributed by atoms with van der Waals surface area (Å²) in [5, 5.41) is 11.1. The van der Waals surface area contributed by atoms with Crippen molar-refractivity contribution in [2.75, 3.05) is 12.3 Å². The highest BCUT2D eigenvalue weighted by Crippen LogP contribution is 2.10. The summed E-state index contributed by atoms with van der Waals surface area (Å²) in [7, 11) is 1.67. The molecule has 8 heteroatoms. The van der Waals surface area contributed by atoms with E-state index in [1.807, 2.05) is 6.07 Å². The summed E-state index contributed by atoms with van der Waals surface area (Å²) in [5.74, 6) is -0.227. The normalized spacial score (nSPS) is 10.8. The van der Waals surface area contributed by atoms with Gasteiger partial charge in [0.05, 0.1) is 17.6 Å². The van der Waals surface area contributed by atoms with Crippen molar-refractivity contribution in [2.45, 2.75) is 6.42 Å². The zero-order chi connectivity index (χ0) is 17.1. The summed E-state index contributed by atoms with van der Waals surface area (Å²) >= 11 is 0. The number of anilines is 1. The van der Waals surface area contributed by atoms with Crippen LogP contribution in [-0.2, 0) is 13.5 Å². The number of nitrogen functional groups attached to an aromatic ring is 1. The summed E-state index contributed by atoms with van der Waals surface area (Å²) < 4.78 is 16.0. The molecule has 0 spiro atoms. The number of halogens is 1. The van der Waals surface area contributed by atoms with Crippen molar-refractivity contribution in [3.63, 3.8) is 0 Å². The molecule has 24 heavy (non-hydrogen) atoms. The number of amides is 1. The van der Waals surface area contributed by atoms with Gasteiger partial charge in [0.25, 0.3) is 5.91 Å². The molecule has 2 heterocycles. The third-order valence-corrected chi connectivity index (χ3v) is 3.63. The lowest BCUT2D eigenvalue weighted by Gasteiger charge is -2.04. The zero-order valence-electron chi connectivity index (χ0n) is 13.1. The van der Waals surface area contributed by atoms with Crippen LogP contribution in [0.4, 0.5) is 10.2 Å². The predicted molar refractivity (Wildman–Crippen MR) is 87.2 cm³/mol. The van der Waals surface area contributed by atoms with Gasteiger partial charge in [0.2, 0.25) is 0 Å². The minimum absolute atomic E-state index is 0.265. The number of nitrogens with two attached hydrogens (primary N) is 1. The molecule has 0 unspecified atom stereocenters. The van der Waals surface area contributed by atoms with Crippen molar-refractivity contribution in [1.82, 2.24) is 24.9 Å². The number of hydrogen-bond acceptors (Lipinski definition) is 4. The standard InChI is InChI=1S/C16H17FN6O/c1-22-15(18)14(10-20-22)16(24)19-8-6-12-7-9-23(21-12)13-4-2-11(17)3-5-13/h2-5,7,9-10H,6,8,18H2,1H3,(H,19,24). The molecule has 124 valence electrons. The van der Waals surface area contributed by atoms with E-state index >= 15 is 0 Å². The van der Waals surface area contributed by atoms with Crippen LogP contribution in [-0.4, -0.2) is 32.0 Å². The van der Waals surface area contributed by atoms with Crippen molar-refractivity contribution >= 4 is 11.7 Å². The van der Waals surface area contributed by atoms with Gasteiger partial charge in [-0.3, -0.25) is 9.48 Å². The molecule has 0 radical (unpaired) electrons. The number of carbonyl (C=O) groups is 1. The third-order valence-electron chi connectivity index (χ3n) is 3.63. The largest absolute Gasteiger partial charge is 0.383 e. The maximum absolute atomic E-state index is 12.9. The van der Waals surface area contributed by atoms with E-state index in [1.165, 1.54) is 23.0 Å². The highest BCUT2D eigenvalue weighted by Gasteiger charge is 2.13. The fraction of sp³-hybridized carbons (Fsp3) is 0.188. The topological polar surface area (TPSA) is 90.8 Å². The molecule has 3 N–H and O–H groups in total. The second-order valence-electron chi connectivity index (χ2n) is 5.30. The first-order chi connectivity index (χ1) is 11.5. The SMILES string of the molecule is Cn1ncc(C(=O)NCCc2ccn(-c3ccc(F)cc3)n2)c1N. The van der Waals surface area contributed by atoms with E-state index in [1.54, 1.807) is 30.1 Å². The van der Waals surface area contributed by atoms with Gasteiger partial charge in [-0.25, -0.2) is 9.07 Å². The number of hydrogen-bond donors (Lipinski definition) is 2. The molecule has 7 nitrogen and oxygen atoms in total. The van der Waals surface area contributed by atoms with Gasteiger partial charge in [-0.15, -0.1) is 0 Å². The van der Waals surface area contributed by atoms with Crippen LogP contribution in [0.3, 0.4) is 0 Å². The molecule has 0 saturated carbocycles. The number of rotatable bonds is 5. The Hall–Kier alpha value is -3.16. The summed E-state index contributed by atoms with van der Waals surface area (Å²) in [5.41, 5.74) is 7.71. The highest BCUT2D eigenvalue weighted by atomic mass is 19.1. The van der Waals surface area contributed by atoms with Crippen LogP contribution in [0.1, 0.15) is 16.1 Å². The fourth-order valence-electron chi connectivity index (χ4n) is 2.25. The van der Waals surface area contributed by atoms with E-state index in [2.05, 4.69) is 15.5 Å². The quantitative estimate of drug-likeness (QED) is 0.738. The second kappa shape index (κ2) is 6.53. The zero-order valence-corrected chi connectivity index (χ0v) is 13.1. The molecule has 0 aliphatic carbocycles. The summed E-state index contributed by atoms with van der Waals surface area (Å²) in [6.07, 6.45) is 3.80. The molecule has 0 saturated heterocycles. The minimum Gasteiger partial charge on any atom is -0.383 e. The molecule has 2 aromatic heterocycles. The molecule has 0 aliphatic rings. The van der Waals surface area contributed by atoms with Gasteiger partial charge in [0.1, 0.15) is 17.2 Å². The lowest BCUT2D eigenvalue weighted by Crippen LogP contribution is -2.26. The van der Waals surface area contributed by atoms with Gasteiger partial charge >= 0.3 is 0 Å². The first-order valence-electron chi connectivity index (χ1n) is 7.41. The Balaban J connectivity index is 1.57. The van der Waals surface area contributed by atoms with Crippen LogP contribution in [0, 0.1) is 5.82 Å². The Morgan fingerprint density at radius 1 is 1.29 bits per heavy atom. The van der Waals surface area contributed by atoms with Gasteiger partial charge < -0.3 is 11.1 Å². The van der Waals surface area contributed by atoms with Gasteiger partial charge in [-0.2, -0.15) is 10.2 Å². The van der Waals surface area contributed by atoms with Gasteiger partial charge in [0, 0.05) is 26.2 Å². The van der Waals surface area contributed by atoms with Gasteiger partial charge in [0.15, 0.2) is 0 Å². The summed E-state index contributed by atoms with van der Waals surface area (Å²) in [6, 6.07) is 7.93. The molecule has 1 aromatic carbocycles. The van der Waals surface area contributed by atoms with Gasteiger partial charge in [-0.1, -0.05) is 0 Å². The Kier molecular flexibility index (Phi) is 4.28. The molecular weight excluding hydrogens is 311 g/mol. The molecule has 0 aliphatic heterocycles. The average Bonchev–Trinajstić information content (AvgIpc) is 3.16. The number of aryl methyl sites for hydroxylation is 1. The number of carbonyl (C=O) groups excluding carboxylic acids is 1. The maximum Gasteiger partial charge on any atom is 0.256 e. The second-order valence-corrected chi connectivity index (χ2v) is 5.30. The lowest BCUT2D eigenvalue weighted by atomic mass is 10.3. The van der Waals surface area contributed by atoms with Crippen molar-refractivity contribution in [1.29, 1.82) is 0 Å². The molecule has 3 aromatic rings. The Morgan fingerprint density at radius 3 is 2.71 bits per heavy atom. The van der Waals surface area contributed by atoms with Crippen molar-refractivity contribution in [3.05, 3.63) is 59.8 Å². The maximum atomic E-state index is 12.9. The minimum atomic E-state index is -0.288. The van der Waals surface area contributed by atoms with Crippen LogP contribution in [0.25, 0.3) is 5.69 Å². The van der Waals surface area contributed by atoms with E-state index in [0.717, 1.165) is 11.4 Å². The Labute approximate surface area is 137 Å². The smallest absolute Gasteiger partial charge is 0.256 e. The van der Waals surface area contributed by atoms with Gasteiger partial charge in [-0.05, 0) is 30.3 Å². The Bertz CT molecular complexity index is 852. The van der Waals surface area contributed by atoms with E-state index < -0.39 is 0 Å². The molecule has 1 amide bonds. The van der Waals surface area contributed by atoms with E-state index in [0.29, 0.717) is 24.3 Å². The molecule has 3 rings (SSSR count). The average molecular weight is 328 g/mol. The van der Waals surface area contributed by atoms with E-state index in [9.17, 15) is 9.18 Å². The van der Waals surface area contributed by atoms with Crippen molar-refractivity contribution in [2.24, 2.45) is 7.05 Å². The number of nitrogens with one attached hydrogen (secondary N) is 1. The van der Waals surface area contributed by atoms with Crippen LogP contribution in [0.15, 0.2) is 42.7 Å². The number of benzene rings is 1. The van der Waals surface area contributed by atoms with Crippen LogP contribution >= 0.6 is 0 Å². The lowest BCUT2D eigenvalue weighted by molar-refractivity contribution is 0.0955. The van der Waals surface area contributed by atoms with Crippen LogP contribution in [0.5, 0.6) is 0 Å². The van der Waals surface area contributed by atoms with Crippen molar-refractivity contribution in [3.8, 4) is 5.69 Å². The van der Waals surface area contributed by atoms with Crippen LogP contribution < -0.4 is 11.1 Å². The first kappa shape index (κ1) is 15.7. The molecule has 0 atom stereocenters. The number of nitrogens with zero attached hydrogens (tertiary/aromatic N) is 4. The van der Waals surface area contributed by atoms with E-state index in [4.69, 9.17) is 5.73 Å². The fourth-order valence-corrected chi connectivity index (χ4v) is 2.25. The predicted octanol–water partition coefficient (Wildman–Crippen LogP) is 1.30. The monoisotopic (exact) mass is 328 g/mol. The van der Waals surface area contributed by atoms with Crippen molar-refractivity contribution < 1.29 is 9.18 Å². The molecule has 0 fully saturated rings.